The van der Waals surface area contributed by atoms with Crippen LogP contribution in [0, 0.1) is 5.92 Å². The third-order valence-corrected chi connectivity index (χ3v) is 9.14. The molecule has 3 heterocycles. The van der Waals surface area contributed by atoms with E-state index in [0.717, 1.165) is 50.7 Å². The van der Waals surface area contributed by atoms with E-state index in [0.29, 0.717) is 12.5 Å². The summed E-state index contributed by atoms with van der Waals surface area (Å²) < 4.78 is 23.5. The standard InChI is InChI=1S/C34H52N2O7/c1-22(12-15-31-23(2)17-30(25(4)42-31)36-32(38)16-13-24(3)41-26(5)37)11-14-28-19-34(21-40-34)20-29(43-28)18-33(39)35-27-9-7-6-8-10-27/h11-14,16,23-25,27-31H,6-10,15,17-21H2,1-5H3,(H,35,39)(H,36,38)/b14-11+,16-13-,22-12+/t23-,24-,25+,28+,29+,30+,31?,34+/m0/s1. The summed E-state index contributed by atoms with van der Waals surface area (Å²) in [7, 11) is 0. The van der Waals surface area contributed by atoms with E-state index < -0.39 is 6.10 Å². The summed E-state index contributed by atoms with van der Waals surface area (Å²) in [6, 6.07) is 0.226. The number of ether oxygens (including phenoxy) is 4. The van der Waals surface area contributed by atoms with Crippen molar-refractivity contribution in [1.29, 1.82) is 0 Å². The Morgan fingerprint density at radius 2 is 1.77 bits per heavy atom. The van der Waals surface area contributed by atoms with Crippen molar-refractivity contribution in [2.24, 2.45) is 5.92 Å². The molecular weight excluding hydrogens is 548 g/mol. The van der Waals surface area contributed by atoms with E-state index in [1.165, 1.54) is 32.3 Å². The molecule has 0 bridgehead atoms. The van der Waals surface area contributed by atoms with Crippen LogP contribution in [0.3, 0.4) is 0 Å². The van der Waals surface area contributed by atoms with Crippen molar-refractivity contribution in [2.75, 3.05) is 6.61 Å². The maximum Gasteiger partial charge on any atom is 0.303 e. The lowest BCUT2D eigenvalue weighted by Gasteiger charge is -2.39. The number of hydrogen-bond donors (Lipinski definition) is 2. The molecule has 8 atom stereocenters. The quantitative estimate of drug-likeness (QED) is 0.151. The lowest BCUT2D eigenvalue weighted by atomic mass is 9.88. The Morgan fingerprint density at radius 1 is 1.02 bits per heavy atom. The molecule has 0 aromatic heterocycles. The second kappa shape index (κ2) is 15.5. The minimum atomic E-state index is -0.456. The summed E-state index contributed by atoms with van der Waals surface area (Å²) in [5.74, 6) is -0.236. The number of epoxide rings is 1. The highest BCUT2D eigenvalue weighted by Gasteiger charge is 2.51. The van der Waals surface area contributed by atoms with E-state index in [4.69, 9.17) is 18.9 Å². The zero-order valence-corrected chi connectivity index (χ0v) is 26.6. The Morgan fingerprint density at radius 3 is 2.47 bits per heavy atom. The van der Waals surface area contributed by atoms with E-state index in [9.17, 15) is 14.4 Å². The Bertz CT molecular complexity index is 1060. The molecule has 9 nitrogen and oxygen atoms in total. The van der Waals surface area contributed by atoms with Gasteiger partial charge in [-0.25, -0.2) is 0 Å². The van der Waals surface area contributed by atoms with Crippen LogP contribution in [0.4, 0.5) is 0 Å². The fourth-order valence-electron chi connectivity index (χ4n) is 6.62. The fraction of sp³-hybridized carbons (Fsp3) is 0.735. The summed E-state index contributed by atoms with van der Waals surface area (Å²) in [5, 5.41) is 6.25. The average Bonchev–Trinajstić information content (AvgIpc) is 3.69. The predicted molar refractivity (Wildman–Crippen MR) is 164 cm³/mol. The lowest BCUT2D eigenvalue weighted by molar-refractivity contribution is -0.143. The SMILES string of the molecule is CC(=O)O[C@@H](C)/C=C\C(=O)N[C@@H]1C[C@H](C)C(C/C=C(C)/C=C/[C@@H]2C[C@]3(CO3)C[C@@H](CC(=O)NC3CCCCC3)O2)O[C@@H]1C. The zero-order valence-electron chi connectivity index (χ0n) is 26.6. The fourth-order valence-corrected chi connectivity index (χ4v) is 6.62. The first kappa shape index (κ1) is 33.4. The van der Waals surface area contributed by atoms with Crippen LogP contribution in [0.1, 0.15) is 98.8 Å². The molecule has 4 rings (SSSR count). The van der Waals surface area contributed by atoms with Gasteiger partial charge in [-0.2, -0.15) is 0 Å². The average molecular weight is 601 g/mol. The number of amides is 2. The maximum atomic E-state index is 12.7. The van der Waals surface area contributed by atoms with Crippen molar-refractivity contribution in [3.8, 4) is 0 Å². The number of esters is 1. The Hall–Kier alpha value is -2.49. The van der Waals surface area contributed by atoms with Gasteiger partial charge in [0.25, 0.3) is 0 Å². The van der Waals surface area contributed by atoms with Gasteiger partial charge in [-0.3, -0.25) is 14.4 Å². The van der Waals surface area contributed by atoms with Crippen LogP contribution in [0.15, 0.2) is 36.0 Å². The maximum absolute atomic E-state index is 12.7. The zero-order chi connectivity index (χ0) is 31.0. The highest BCUT2D eigenvalue weighted by Crippen LogP contribution is 2.43. The van der Waals surface area contributed by atoms with Crippen LogP contribution >= 0.6 is 0 Å². The van der Waals surface area contributed by atoms with Crippen LogP contribution in [0.5, 0.6) is 0 Å². The van der Waals surface area contributed by atoms with Gasteiger partial charge in [0.05, 0.1) is 49.1 Å². The first-order valence-corrected chi connectivity index (χ1v) is 16.3. The van der Waals surface area contributed by atoms with Gasteiger partial charge in [-0.1, -0.05) is 50.0 Å². The third-order valence-electron chi connectivity index (χ3n) is 9.14. The van der Waals surface area contributed by atoms with Crippen molar-refractivity contribution in [2.45, 2.75) is 147 Å². The summed E-state index contributed by atoms with van der Waals surface area (Å²) in [6.45, 7) is 10.0. The van der Waals surface area contributed by atoms with E-state index in [1.807, 2.05) is 6.92 Å². The molecule has 1 saturated carbocycles. The second-order valence-electron chi connectivity index (χ2n) is 13.2. The Balaban J connectivity index is 1.22. The Labute approximate surface area is 257 Å². The minimum absolute atomic E-state index is 0.0622. The molecule has 2 N–H and O–H groups in total. The van der Waals surface area contributed by atoms with Crippen LogP contribution < -0.4 is 10.6 Å². The molecule has 9 heteroatoms. The van der Waals surface area contributed by atoms with E-state index in [2.05, 4.69) is 42.7 Å². The highest BCUT2D eigenvalue weighted by molar-refractivity contribution is 5.87. The smallest absolute Gasteiger partial charge is 0.303 e. The molecule has 1 aliphatic carbocycles. The number of carbonyl (C=O) groups is 3. The van der Waals surface area contributed by atoms with Gasteiger partial charge in [0, 0.05) is 31.9 Å². The minimum Gasteiger partial charge on any atom is -0.459 e. The van der Waals surface area contributed by atoms with Gasteiger partial charge < -0.3 is 29.6 Å². The molecule has 2 amide bonds. The number of nitrogens with one attached hydrogen (secondary N) is 2. The first-order chi connectivity index (χ1) is 20.5. The van der Waals surface area contributed by atoms with E-state index in [-0.39, 0.29) is 59.8 Å². The molecular formula is C34H52N2O7. The van der Waals surface area contributed by atoms with Gasteiger partial charge >= 0.3 is 5.97 Å². The van der Waals surface area contributed by atoms with Crippen molar-refractivity contribution in [3.63, 3.8) is 0 Å². The predicted octanol–water partition coefficient (Wildman–Crippen LogP) is 4.84. The number of hydrogen-bond acceptors (Lipinski definition) is 7. The summed E-state index contributed by atoms with van der Waals surface area (Å²) in [6.07, 6.45) is 18.1. The number of carbonyl (C=O) groups excluding carboxylic acids is 3. The molecule has 1 spiro atoms. The van der Waals surface area contributed by atoms with Gasteiger partial charge in [0.1, 0.15) is 6.10 Å². The molecule has 0 radical (unpaired) electrons. The van der Waals surface area contributed by atoms with Gasteiger partial charge in [0.15, 0.2) is 0 Å². The molecule has 0 aromatic carbocycles. The Kier molecular flexibility index (Phi) is 12.0. The van der Waals surface area contributed by atoms with Crippen molar-refractivity contribution < 1.29 is 33.3 Å². The summed E-state index contributed by atoms with van der Waals surface area (Å²) in [4.78, 5) is 36.2. The molecule has 1 unspecified atom stereocenters. The van der Waals surface area contributed by atoms with E-state index in [1.54, 1.807) is 13.0 Å². The number of rotatable bonds is 11. The normalized spacial score (nSPS) is 34.3. The first-order valence-electron chi connectivity index (χ1n) is 16.3. The molecule has 4 aliphatic rings. The topological polar surface area (TPSA) is 115 Å². The molecule has 43 heavy (non-hydrogen) atoms. The molecule has 3 aliphatic heterocycles. The van der Waals surface area contributed by atoms with Gasteiger partial charge in [-0.15, -0.1) is 0 Å². The third kappa shape index (κ3) is 10.9. The molecule has 3 saturated heterocycles. The van der Waals surface area contributed by atoms with Gasteiger partial charge in [-0.05, 0) is 58.4 Å². The van der Waals surface area contributed by atoms with Crippen LogP contribution in [-0.2, 0) is 33.3 Å². The summed E-state index contributed by atoms with van der Waals surface area (Å²) in [5.41, 5.74) is 1.00. The number of allylic oxidation sites excluding steroid dienone is 2. The molecule has 240 valence electrons. The van der Waals surface area contributed by atoms with Crippen molar-refractivity contribution in [1.82, 2.24) is 10.6 Å². The second-order valence-corrected chi connectivity index (χ2v) is 13.2. The van der Waals surface area contributed by atoms with Crippen molar-refractivity contribution >= 4 is 17.8 Å². The summed E-state index contributed by atoms with van der Waals surface area (Å²) >= 11 is 0. The van der Waals surface area contributed by atoms with E-state index >= 15 is 0 Å². The van der Waals surface area contributed by atoms with Gasteiger partial charge in [0.2, 0.25) is 11.8 Å². The highest BCUT2D eigenvalue weighted by atomic mass is 16.6. The van der Waals surface area contributed by atoms with Crippen LogP contribution in [0.25, 0.3) is 0 Å². The van der Waals surface area contributed by atoms with Crippen LogP contribution in [-0.4, -0.2) is 72.6 Å². The largest absolute Gasteiger partial charge is 0.459 e. The molecule has 0 aromatic rings. The molecule has 4 fully saturated rings. The lowest BCUT2D eigenvalue weighted by Crippen LogP contribution is -2.50. The monoisotopic (exact) mass is 600 g/mol. The van der Waals surface area contributed by atoms with Crippen molar-refractivity contribution in [3.05, 3.63) is 36.0 Å². The van der Waals surface area contributed by atoms with Crippen LogP contribution in [0.2, 0.25) is 0 Å².